The van der Waals surface area contributed by atoms with Crippen molar-refractivity contribution >= 4 is 11.6 Å². The van der Waals surface area contributed by atoms with Gasteiger partial charge in [-0.3, -0.25) is 4.79 Å². The van der Waals surface area contributed by atoms with Gasteiger partial charge in [-0.05, 0) is 36.4 Å². The van der Waals surface area contributed by atoms with E-state index in [0.29, 0.717) is 5.69 Å². The maximum atomic E-state index is 12.5. The number of amides is 1. The largest absolute Gasteiger partial charge is 0.416 e. The SMILES string of the molecule is O=C(CC1=CC=CC2NC=CN12)Nc1ccc(C(F)(F)F)cc1. The van der Waals surface area contributed by atoms with Crippen LogP contribution in [0.3, 0.4) is 0 Å². The minimum Gasteiger partial charge on any atom is -0.366 e. The monoisotopic (exact) mass is 321 g/mol. The van der Waals surface area contributed by atoms with E-state index in [4.69, 9.17) is 0 Å². The van der Waals surface area contributed by atoms with E-state index < -0.39 is 11.7 Å². The molecule has 120 valence electrons. The summed E-state index contributed by atoms with van der Waals surface area (Å²) in [5.74, 6) is -0.287. The molecule has 1 aromatic rings. The van der Waals surface area contributed by atoms with Crippen molar-refractivity contribution < 1.29 is 18.0 Å². The zero-order valence-corrected chi connectivity index (χ0v) is 12.0. The Labute approximate surface area is 131 Å². The van der Waals surface area contributed by atoms with E-state index in [-0.39, 0.29) is 18.5 Å². The number of allylic oxidation sites excluding steroid dienone is 2. The van der Waals surface area contributed by atoms with E-state index in [1.54, 1.807) is 6.20 Å². The zero-order valence-electron chi connectivity index (χ0n) is 12.0. The molecule has 1 amide bonds. The molecule has 2 aliphatic rings. The van der Waals surface area contributed by atoms with Gasteiger partial charge in [0.05, 0.1) is 12.0 Å². The summed E-state index contributed by atoms with van der Waals surface area (Å²) in [6.07, 6.45) is 5.04. The second-order valence-electron chi connectivity index (χ2n) is 5.18. The van der Waals surface area contributed by atoms with Crippen molar-refractivity contribution in [2.75, 3.05) is 5.32 Å². The first-order chi connectivity index (χ1) is 10.9. The number of carbonyl (C=O) groups excluding carboxylic acids is 1. The molecule has 1 aromatic carbocycles. The molecule has 0 spiro atoms. The molecule has 0 fully saturated rings. The number of hydrogen-bond donors (Lipinski definition) is 2. The van der Waals surface area contributed by atoms with Crippen LogP contribution in [0.4, 0.5) is 18.9 Å². The number of rotatable bonds is 3. The van der Waals surface area contributed by atoms with Gasteiger partial charge in [0.25, 0.3) is 0 Å². The number of anilines is 1. The lowest BCUT2D eigenvalue weighted by Gasteiger charge is -2.28. The smallest absolute Gasteiger partial charge is 0.366 e. The molecule has 2 N–H and O–H groups in total. The van der Waals surface area contributed by atoms with Crippen molar-refractivity contribution in [1.82, 2.24) is 10.2 Å². The average Bonchev–Trinajstić information content (AvgIpc) is 2.96. The van der Waals surface area contributed by atoms with Crippen molar-refractivity contribution in [2.24, 2.45) is 0 Å². The predicted octanol–water partition coefficient (Wildman–Crippen LogP) is 3.19. The minimum atomic E-state index is -4.38. The highest BCUT2D eigenvalue weighted by molar-refractivity contribution is 5.92. The van der Waals surface area contributed by atoms with Gasteiger partial charge in [-0.2, -0.15) is 13.2 Å². The standard InChI is InChI=1S/C16H14F3N3O/c17-16(18,19)11-4-6-12(7-5-11)21-15(23)10-13-2-1-3-14-20-8-9-22(13)14/h1-9,14,20H,10H2,(H,21,23). The van der Waals surface area contributed by atoms with Crippen LogP contribution in [0.25, 0.3) is 0 Å². The maximum absolute atomic E-state index is 12.5. The van der Waals surface area contributed by atoms with Crippen LogP contribution in [-0.2, 0) is 11.0 Å². The molecule has 3 rings (SSSR count). The molecule has 1 unspecified atom stereocenters. The summed E-state index contributed by atoms with van der Waals surface area (Å²) in [7, 11) is 0. The van der Waals surface area contributed by atoms with Gasteiger partial charge in [0.2, 0.25) is 5.91 Å². The first-order valence-corrected chi connectivity index (χ1v) is 6.99. The van der Waals surface area contributed by atoms with E-state index in [0.717, 1.165) is 17.8 Å². The highest BCUT2D eigenvalue weighted by Crippen LogP contribution is 2.30. The van der Waals surface area contributed by atoms with Crippen LogP contribution >= 0.6 is 0 Å². The Kier molecular flexibility index (Phi) is 3.85. The lowest BCUT2D eigenvalue weighted by atomic mass is 10.1. The molecule has 2 heterocycles. The molecule has 0 aromatic heterocycles. The topological polar surface area (TPSA) is 44.4 Å². The predicted molar refractivity (Wildman–Crippen MR) is 79.8 cm³/mol. The zero-order chi connectivity index (χ0) is 16.4. The molecule has 0 aliphatic carbocycles. The molecule has 23 heavy (non-hydrogen) atoms. The van der Waals surface area contributed by atoms with Crippen LogP contribution in [0.2, 0.25) is 0 Å². The Morgan fingerprint density at radius 1 is 1.26 bits per heavy atom. The van der Waals surface area contributed by atoms with Crippen molar-refractivity contribution in [1.29, 1.82) is 0 Å². The van der Waals surface area contributed by atoms with Crippen LogP contribution in [0.15, 0.2) is 60.6 Å². The molecule has 4 nitrogen and oxygen atoms in total. The van der Waals surface area contributed by atoms with Crippen molar-refractivity contribution in [3.05, 3.63) is 66.2 Å². The van der Waals surface area contributed by atoms with Crippen LogP contribution in [-0.4, -0.2) is 17.0 Å². The van der Waals surface area contributed by atoms with Gasteiger partial charge in [-0.15, -0.1) is 0 Å². The molecule has 7 heteroatoms. The number of carbonyl (C=O) groups is 1. The Bertz CT molecular complexity index is 690. The van der Waals surface area contributed by atoms with Crippen LogP contribution in [0.5, 0.6) is 0 Å². The second kappa shape index (κ2) is 5.83. The summed E-state index contributed by atoms with van der Waals surface area (Å²) < 4.78 is 37.5. The fourth-order valence-electron chi connectivity index (χ4n) is 2.44. The Morgan fingerprint density at radius 3 is 2.70 bits per heavy atom. The summed E-state index contributed by atoms with van der Waals surface area (Å²) in [5.41, 5.74) is 0.400. The Morgan fingerprint density at radius 2 is 2.00 bits per heavy atom. The molecule has 2 aliphatic heterocycles. The second-order valence-corrected chi connectivity index (χ2v) is 5.18. The maximum Gasteiger partial charge on any atom is 0.416 e. The van der Waals surface area contributed by atoms with Gasteiger partial charge >= 0.3 is 6.18 Å². The van der Waals surface area contributed by atoms with Crippen molar-refractivity contribution in [3.63, 3.8) is 0 Å². The van der Waals surface area contributed by atoms with Crippen molar-refractivity contribution in [2.45, 2.75) is 18.8 Å². The highest BCUT2D eigenvalue weighted by Gasteiger charge is 2.30. The number of nitrogens with one attached hydrogen (secondary N) is 2. The third-order valence-electron chi connectivity index (χ3n) is 3.55. The fourth-order valence-corrected chi connectivity index (χ4v) is 2.44. The van der Waals surface area contributed by atoms with Crippen LogP contribution in [0, 0.1) is 0 Å². The van der Waals surface area contributed by atoms with E-state index in [9.17, 15) is 18.0 Å². The number of nitrogens with zero attached hydrogens (tertiary/aromatic N) is 1. The number of benzene rings is 1. The van der Waals surface area contributed by atoms with E-state index in [2.05, 4.69) is 10.6 Å². The molecule has 0 radical (unpaired) electrons. The van der Waals surface area contributed by atoms with Crippen LogP contribution in [0.1, 0.15) is 12.0 Å². The Hall–Kier alpha value is -2.70. The number of halogens is 3. The van der Waals surface area contributed by atoms with Gasteiger partial charge in [0.15, 0.2) is 0 Å². The third-order valence-corrected chi connectivity index (χ3v) is 3.55. The van der Waals surface area contributed by atoms with E-state index >= 15 is 0 Å². The van der Waals surface area contributed by atoms with Gasteiger partial charge in [0.1, 0.15) is 6.17 Å². The van der Waals surface area contributed by atoms with Crippen molar-refractivity contribution in [3.8, 4) is 0 Å². The number of hydrogen-bond acceptors (Lipinski definition) is 3. The lowest BCUT2D eigenvalue weighted by molar-refractivity contribution is -0.137. The van der Waals surface area contributed by atoms with E-state index in [1.807, 2.05) is 29.3 Å². The highest BCUT2D eigenvalue weighted by atomic mass is 19.4. The molecule has 0 saturated heterocycles. The molecule has 0 saturated carbocycles. The molecule has 1 atom stereocenters. The normalized spacial score (nSPS) is 19.2. The number of alkyl halides is 3. The molecule has 0 bridgehead atoms. The Balaban J connectivity index is 1.62. The lowest BCUT2D eigenvalue weighted by Crippen LogP contribution is -2.35. The summed E-state index contributed by atoms with van der Waals surface area (Å²) in [6.45, 7) is 0. The van der Waals surface area contributed by atoms with E-state index in [1.165, 1.54) is 12.1 Å². The summed E-state index contributed by atoms with van der Waals surface area (Å²) in [6, 6.07) is 4.38. The quantitative estimate of drug-likeness (QED) is 0.899. The van der Waals surface area contributed by atoms with Gasteiger partial charge in [0, 0.05) is 23.8 Å². The first-order valence-electron chi connectivity index (χ1n) is 6.99. The van der Waals surface area contributed by atoms with Gasteiger partial charge < -0.3 is 15.5 Å². The minimum absolute atomic E-state index is 0.00821. The summed E-state index contributed by atoms with van der Waals surface area (Å²) >= 11 is 0. The molecular weight excluding hydrogens is 307 g/mol. The average molecular weight is 321 g/mol. The summed E-state index contributed by atoms with van der Waals surface area (Å²) in [4.78, 5) is 14.0. The van der Waals surface area contributed by atoms with Gasteiger partial charge in [-0.1, -0.05) is 6.08 Å². The van der Waals surface area contributed by atoms with Gasteiger partial charge in [-0.25, -0.2) is 0 Å². The number of fused-ring (bicyclic) bond motifs is 1. The fraction of sp³-hybridized carbons (Fsp3) is 0.188. The third kappa shape index (κ3) is 3.39. The van der Waals surface area contributed by atoms with Crippen LogP contribution < -0.4 is 10.6 Å². The summed E-state index contributed by atoms with van der Waals surface area (Å²) in [5, 5.41) is 5.72. The molecular formula is C16H14F3N3O. The first kappa shape index (κ1) is 15.2.